The molecule has 4 aliphatic carbocycles. The smallest absolute Gasteiger partial charge is 0.0371 e. The van der Waals surface area contributed by atoms with Gasteiger partial charge in [-0.25, -0.2) is 0 Å². The number of nitrogens with zero attached hydrogens (tertiary/aromatic N) is 2. The molecule has 2 aromatic carbocycles. The van der Waals surface area contributed by atoms with Crippen LogP contribution in [0.25, 0.3) is 0 Å². The van der Waals surface area contributed by atoms with Crippen LogP contribution < -0.4 is 9.80 Å². The molecule has 4 saturated carbocycles. The molecule has 0 amide bonds. The van der Waals surface area contributed by atoms with Crippen LogP contribution in [-0.2, 0) is 6.42 Å². The van der Waals surface area contributed by atoms with Gasteiger partial charge in [0, 0.05) is 35.5 Å². The third-order valence-corrected chi connectivity index (χ3v) is 6.64. The summed E-state index contributed by atoms with van der Waals surface area (Å²) in [5.74, 6) is 0. The molecule has 2 heteroatoms. The highest BCUT2D eigenvalue weighted by Gasteiger charge is 2.40. The molecule has 140 valence electrons. The Labute approximate surface area is 163 Å². The summed E-state index contributed by atoms with van der Waals surface area (Å²) in [4.78, 5) is 5.39. The summed E-state index contributed by atoms with van der Waals surface area (Å²) in [6.45, 7) is 0. The van der Waals surface area contributed by atoms with E-state index in [0.717, 1.165) is 30.6 Å². The number of rotatable bonds is 8. The van der Waals surface area contributed by atoms with Crippen LogP contribution in [0.1, 0.15) is 62.5 Å². The molecule has 4 aliphatic rings. The van der Waals surface area contributed by atoms with Crippen molar-refractivity contribution in [1.82, 2.24) is 0 Å². The number of anilines is 2. The Hall–Kier alpha value is -1.96. The van der Waals surface area contributed by atoms with Crippen LogP contribution in [0.15, 0.2) is 48.5 Å². The zero-order valence-corrected chi connectivity index (χ0v) is 16.2. The number of benzene rings is 2. The molecule has 0 heterocycles. The van der Waals surface area contributed by atoms with E-state index in [1.54, 1.807) is 0 Å². The predicted octanol–water partition coefficient (Wildman–Crippen LogP) is 5.54. The summed E-state index contributed by atoms with van der Waals surface area (Å²) in [6, 6.07) is 22.2. The molecule has 0 radical (unpaired) electrons. The Morgan fingerprint density at radius 3 is 1.04 bits per heavy atom. The fourth-order valence-corrected chi connectivity index (χ4v) is 4.66. The Bertz CT molecular complexity index is 700. The van der Waals surface area contributed by atoms with Gasteiger partial charge in [0.25, 0.3) is 0 Å². The van der Waals surface area contributed by atoms with Gasteiger partial charge in [-0.15, -0.1) is 0 Å². The van der Waals surface area contributed by atoms with Crippen molar-refractivity contribution in [3.8, 4) is 0 Å². The highest BCUT2D eigenvalue weighted by Crippen LogP contribution is 2.42. The van der Waals surface area contributed by atoms with Crippen molar-refractivity contribution in [2.45, 2.75) is 82.0 Å². The van der Waals surface area contributed by atoms with Crippen LogP contribution >= 0.6 is 0 Å². The van der Waals surface area contributed by atoms with Gasteiger partial charge in [-0.1, -0.05) is 24.3 Å². The molecular formula is C25H30N2. The van der Waals surface area contributed by atoms with E-state index in [-0.39, 0.29) is 0 Å². The van der Waals surface area contributed by atoms with Crippen LogP contribution in [-0.4, -0.2) is 24.2 Å². The number of hydrogen-bond donors (Lipinski definition) is 0. The Morgan fingerprint density at radius 2 is 0.778 bits per heavy atom. The largest absolute Gasteiger partial charge is 0.366 e. The summed E-state index contributed by atoms with van der Waals surface area (Å²) < 4.78 is 0. The molecule has 27 heavy (non-hydrogen) atoms. The summed E-state index contributed by atoms with van der Waals surface area (Å²) >= 11 is 0. The van der Waals surface area contributed by atoms with E-state index in [1.165, 1.54) is 73.9 Å². The average molecular weight is 359 g/mol. The van der Waals surface area contributed by atoms with Crippen LogP contribution in [0.4, 0.5) is 11.4 Å². The van der Waals surface area contributed by atoms with Gasteiger partial charge >= 0.3 is 0 Å². The van der Waals surface area contributed by atoms with E-state index in [4.69, 9.17) is 0 Å². The molecule has 0 saturated heterocycles. The Kier molecular flexibility index (Phi) is 3.74. The summed E-state index contributed by atoms with van der Waals surface area (Å²) in [6.07, 6.45) is 12.2. The van der Waals surface area contributed by atoms with Crippen molar-refractivity contribution < 1.29 is 0 Å². The van der Waals surface area contributed by atoms with Crippen LogP contribution in [0.5, 0.6) is 0 Å². The summed E-state index contributed by atoms with van der Waals surface area (Å²) in [5.41, 5.74) is 5.76. The summed E-state index contributed by atoms with van der Waals surface area (Å²) in [7, 11) is 0. The first-order chi connectivity index (χ1) is 13.3. The predicted molar refractivity (Wildman–Crippen MR) is 113 cm³/mol. The van der Waals surface area contributed by atoms with Crippen molar-refractivity contribution >= 4 is 11.4 Å². The summed E-state index contributed by atoms with van der Waals surface area (Å²) in [5, 5.41) is 0. The molecule has 2 nitrogen and oxygen atoms in total. The quantitative estimate of drug-likeness (QED) is 0.611. The first-order valence-corrected chi connectivity index (χ1v) is 11.1. The highest BCUT2D eigenvalue weighted by atomic mass is 15.2. The highest BCUT2D eigenvalue weighted by molar-refractivity contribution is 5.54. The van der Waals surface area contributed by atoms with Gasteiger partial charge in [-0.2, -0.15) is 0 Å². The Morgan fingerprint density at radius 1 is 0.481 bits per heavy atom. The van der Waals surface area contributed by atoms with Gasteiger partial charge in [0.05, 0.1) is 0 Å². The topological polar surface area (TPSA) is 6.48 Å². The molecule has 6 rings (SSSR count). The van der Waals surface area contributed by atoms with Gasteiger partial charge < -0.3 is 9.80 Å². The van der Waals surface area contributed by atoms with Gasteiger partial charge in [-0.3, -0.25) is 0 Å². The van der Waals surface area contributed by atoms with E-state index in [9.17, 15) is 0 Å². The Balaban J connectivity index is 1.14. The van der Waals surface area contributed by atoms with Gasteiger partial charge in [0.15, 0.2) is 0 Å². The van der Waals surface area contributed by atoms with Crippen molar-refractivity contribution in [1.29, 1.82) is 0 Å². The molecule has 0 bridgehead atoms. The van der Waals surface area contributed by atoms with Crippen molar-refractivity contribution in [3.63, 3.8) is 0 Å². The minimum Gasteiger partial charge on any atom is -0.366 e. The fraction of sp³-hybridized carbons (Fsp3) is 0.520. The lowest BCUT2D eigenvalue weighted by Crippen LogP contribution is -2.27. The molecule has 2 aromatic rings. The van der Waals surface area contributed by atoms with Crippen molar-refractivity contribution in [2.75, 3.05) is 9.80 Å². The molecule has 0 unspecified atom stereocenters. The van der Waals surface area contributed by atoms with Crippen LogP contribution in [0.3, 0.4) is 0 Å². The fourth-order valence-electron chi connectivity index (χ4n) is 4.66. The lowest BCUT2D eigenvalue weighted by molar-refractivity contribution is 0.788. The van der Waals surface area contributed by atoms with E-state index in [1.807, 2.05) is 0 Å². The van der Waals surface area contributed by atoms with Crippen molar-refractivity contribution in [2.24, 2.45) is 0 Å². The zero-order chi connectivity index (χ0) is 17.8. The number of hydrogen-bond acceptors (Lipinski definition) is 2. The van der Waals surface area contributed by atoms with Crippen LogP contribution in [0, 0.1) is 0 Å². The van der Waals surface area contributed by atoms with E-state index < -0.39 is 0 Å². The second-order valence-electron chi connectivity index (χ2n) is 9.25. The third-order valence-electron chi connectivity index (χ3n) is 6.64. The monoisotopic (exact) mass is 358 g/mol. The minimum atomic E-state index is 0.830. The lowest BCUT2D eigenvalue weighted by Gasteiger charge is -2.25. The van der Waals surface area contributed by atoms with Crippen LogP contribution in [0.2, 0.25) is 0 Å². The third kappa shape index (κ3) is 3.47. The maximum absolute atomic E-state index is 2.70. The van der Waals surface area contributed by atoms with E-state index >= 15 is 0 Å². The average Bonchev–Trinajstić information content (AvgIpc) is 3.55. The van der Waals surface area contributed by atoms with E-state index in [2.05, 4.69) is 58.3 Å². The van der Waals surface area contributed by atoms with Gasteiger partial charge in [-0.05, 0) is 93.2 Å². The van der Waals surface area contributed by atoms with Gasteiger partial charge in [0.2, 0.25) is 0 Å². The maximum atomic E-state index is 2.70. The first-order valence-electron chi connectivity index (χ1n) is 11.1. The minimum absolute atomic E-state index is 0.830. The molecule has 0 atom stereocenters. The standard InChI is InChI=1S/C25H30N2/c1-5-20(26(22-9-10-22)23-11-12-23)6-2-18(1)17-19-3-7-21(8-4-19)27(24-13-14-24)25-15-16-25/h1-8,22-25H,9-17H2. The molecule has 4 fully saturated rings. The maximum Gasteiger partial charge on any atom is 0.0371 e. The lowest BCUT2D eigenvalue weighted by atomic mass is 10.0. The zero-order valence-electron chi connectivity index (χ0n) is 16.2. The SMILES string of the molecule is c1cc(N(C2CC2)C2CC2)ccc1Cc1ccc(N(C2CC2)C2CC2)cc1. The van der Waals surface area contributed by atoms with Gasteiger partial charge in [0.1, 0.15) is 0 Å². The van der Waals surface area contributed by atoms with E-state index in [0.29, 0.717) is 0 Å². The molecule has 0 aliphatic heterocycles. The first kappa shape index (κ1) is 16.0. The second kappa shape index (κ2) is 6.29. The molecular weight excluding hydrogens is 328 g/mol. The second-order valence-corrected chi connectivity index (χ2v) is 9.25. The van der Waals surface area contributed by atoms with Crippen molar-refractivity contribution in [3.05, 3.63) is 59.7 Å². The molecule has 0 N–H and O–H groups in total. The molecule has 0 spiro atoms. The normalized spacial score (nSPS) is 21.9. The molecule has 0 aromatic heterocycles.